The predicted molar refractivity (Wildman–Crippen MR) is 90.0 cm³/mol. The minimum absolute atomic E-state index is 0.356. The van der Waals surface area contributed by atoms with Crippen LogP contribution >= 0.6 is 0 Å². The molecule has 0 radical (unpaired) electrons. The Morgan fingerprint density at radius 3 is 2.38 bits per heavy atom. The molecule has 118 valence electrons. The summed E-state index contributed by atoms with van der Waals surface area (Å²) in [7, 11) is -1.54. The topological polar surface area (TPSA) is 56.1 Å². The second-order valence-corrected chi connectivity index (χ2v) is 6.67. The first-order valence-electron chi connectivity index (χ1n) is 7.80. The molecule has 0 bridgehead atoms. The molecular weight excluding hydrogens is 263 g/mol. The van der Waals surface area contributed by atoms with Crippen molar-refractivity contribution in [2.24, 2.45) is 10.4 Å². The van der Waals surface area contributed by atoms with Crippen molar-refractivity contribution in [1.82, 2.24) is 4.90 Å². The summed E-state index contributed by atoms with van der Waals surface area (Å²) in [6.45, 7) is 14.4. The Bertz CT molecular complexity index is 418. The van der Waals surface area contributed by atoms with E-state index in [-0.39, 0.29) is 0 Å². The van der Waals surface area contributed by atoms with E-state index in [0.717, 1.165) is 44.5 Å². The summed E-state index contributed by atoms with van der Waals surface area (Å²) in [6.07, 6.45) is 5.66. The van der Waals surface area contributed by atoms with Gasteiger partial charge in [-0.1, -0.05) is 33.8 Å². The number of piperidine rings is 1. The van der Waals surface area contributed by atoms with E-state index >= 15 is 0 Å². The van der Waals surface area contributed by atoms with Gasteiger partial charge in [-0.05, 0) is 31.6 Å². The minimum atomic E-state index is -1.54. The van der Waals surface area contributed by atoms with Crippen LogP contribution < -0.4 is 0 Å². The van der Waals surface area contributed by atoms with Crippen LogP contribution in [0, 0.1) is 5.41 Å². The number of rotatable bonds is 6. The highest BCUT2D eigenvalue weighted by Crippen LogP contribution is 2.32. The molecule has 21 heavy (non-hydrogen) atoms. The second-order valence-electron chi connectivity index (χ2n) is 6.67. The highest BCUT2D eigenvalue weighted by Gasteiger charge is 2.29. The van der Waals surface area contributed by atoms with Crippen LogP contribution in [0.3, 0.4) is 0 Å². The summed E-state index contributed by atoms with van der Waals surface area (Å²) in [6, 6.07) is 0. The molecular formula is C16H29BN2O2. The highest BCUT2D eigenvalue weighted by molar-refractivity contribution is 6.52. The van der Waals surface area contributed by atoms with Crippen molar-refractivity contribution in [3.8, 4) is 0 Å². The standard InChI is InChI=1S/C16H29BN2O2/c1-6-7-13(2)18-12-15(17(20)21)14(3)19-10-8-16(4,5)9-11-19/h12,20-21H,3,6-11H2,1-2,4-5H3/b15-12+,18-13?. The maximum absolute atomic E-state index is 9.59. The summed E-state index contributed by atoms with van der Waals surface area (Å²) in [4.78, 5) is 6.45. The zero-order chi connectivity index (χ0) is 16.0. The Hall–Kier alpha value is -1.07. The predicted octanol–water partition coefficient (Wildman–Crippen LogP) is 2.78. The van der Waals surface area contributed by atoms with Crippen LogP contribution in [0.15, 0.2) is 28.9 Å². The van der Waals surface area contributed by atoms with Crippen molar-refractivity contribution in [2.75, 3.05) is 13.1 Å². The Morgan fingerprint density at radius 2 is 1.90 bits per heavy atom. The highest BCUT2D eigenvalue weighted by atomic mass is 16.4. The molecule has 1 heterocycles. The zero-order valence-electron chi connectivity index (χ0n) is 13.9. The molecule has 0 aromatic heterocycles. The summed E-state index contributed by atoms with van der Waals surface area (Å²) in [5.74, 6) is 0. The van der Waals surface area contributed by atoms with Gasteiger partial charge >= 0.3 is 7.12 Å². The van der Waals surface area contributed by atoms with Gasteiger partial charge in [-0.3, -0.25) is 4.99 Å². The average molecular weight is 292 g/mol. The largest absolute Gasteiger partial charge is 0.492 e. The Balaban J connectivity index is 2.79. The molecule has 1 aliphatic rings. The molecule has 0 atom stereocenters. The normalized spacial score (nSPS) is 19.6. The molecule has 2 N–H and O–H groups in total. The van der Waals surface area contributed by atoms with Gasteiger partial charge in [0, 0.05) is 36.2 Å². The van der Waals surface area contributed by atoms with Gasteiger partial charge in [-0.15, -0.1) is 0 Å². The van der Waals surface area contributed by atoms with Crippen LogP contribution in [0.1, 0.15) is 53.4 Å². The van der Waals surface area contributed by atoms with Gasteiger partial charge < -0.3 is 14.9 Å². The second kappa shape index (κ2) is 7.80. The van der Waals surface area contributed by atoms with Crippen LogP contribution in [-0.4, -0.2) is 40.9 Å². The van der Waals surface area contributed by atoms with E-state index in [1.54, 1.807) is 6.20 Å². The molecule has 4 nitrogen and oxygen atoms in total. The van der Waals surface area contributed by atoms with Gasteiger partial charge in [-0.2, -0.15) is 0 Å². The third kappa shape index (κ3) is 5.67. The molecule has 0 aliphatic carbocycles. The Labute approximate surface area is 129 Å². The molecule has 0 aromatic rings. The quantitative estimate of drug-likeness (QED) is 0.449. The van der Waals surface area contributed by atoms with Crippen molar-refractivity contribution in [3.05, 3.63) is 23.9 Å². The van der Waals surface area contributed by atoms with E-state index in [1.807, 2.05) is 6.92 Å². The molecule has 0 spiro atoms. The van der Waals surface area contributed by atoms with Crippen molar-refractivity contribution in [1.29, 1.82) is 0 Å². The van der Waals surface area contributed by atoms with Crippen LogP contribution in [0.2, 0.25) is 0 Å². The lowest BCUT2D eigenvalue weighted by Gasteiger charge is -2.39. The minimum Gasteiger partial charge on any atom is -0.423 e. The molecule has 1 aliphatic heterocycles. The lowest BCUT2D eigenvalue weighted by atomic mass is 9.76. The maximum atomic E-state index is 9.59. The third-order valence-corrected chi connectivity index (χ3v) is 4.15. The SMILES string of the molecule is C=C(/C(=C\N=C(C)CCC)B(O)O)N1CCC(C)(C)CC1. The fraction of sp³-hybridized carbons (Fsp3) is 0.688. The van der Waals surface area contributed by atoms with Gasteiger partial charge in [-0.25, -0.2) is 0 Å². The van der Waals surface area contributed by atoms with E-state index in [4.69, 9.17) is 0 Å². The summed E-state index contributed by atoms with van der Waals surface area (Å²) >= 11 is 0. The Morgan fingerprint density at radius 1 is 1.33 bits per heavy atom. The Kier molecular flexibility index (Phi) is 6.68. The monoisotopic (exact) mass is 292 g/mol. The number of hydrogen-bond donors (Lipinski definition) is 2. The van der Waals surface area contributed by atoms with Crippen molar-refractivity contribution in [3.63, 3.8) is 0 Å². The number of hydrogen-bond acceptors (Lipinski definition) is 4. The third-order valence-electron chi connectivity index (χ3n) is 4.15. The van der Waals surface area contributed by atoms with Crippen LogP contribution in [0.4, 0.5) is 0 Å². The molecule has 0 saturated carbocycles. The maximum Gasteiger partial charge on any atom is 0.492 e. The van der Waals surface area contributed by atoms with Crippen LogP contribution in [0.25, 0.3) is 0 Å². The van der Waals surface area contributed by atoms with Crippen molar-refractivity contribution < 1.29 is 10.0 Å². The lowest BCUT2D eigenvalue weighted by molar-refractivity contribution is 0.165. The number of likely N-dealkylation sites (tertiary alicyclic amines) is 1. The fourth-order valence-corrected chi connectivity index (χ4v) is 2.46. The molecule has 5 heteroatoms. The molecule has 1 fully saturated rings. The van der Waals surface area contributed by atoms with E-state index in [2.05, 4.69) is 37.2 Å². The first-order valence-corrected chi connectivity index (χ1v) is 7.80. The summed E-state index contributed by atoms with van der Waals surface area (Å²) < 4.78 is 0. The van der Waals surface area contributed by atoms with Crippen LogP contribution in [-0.2, 0) is 0 Å². The van der Waals surface area contributed by atoms with Crippen LogP contribution in [0.5, 0.6) is 0 Å². The van der Waals surface area contributed by atoms with Crippen molar-refractivity contribution >= 4 is 12.8 Å². The number of allylic oxidation sites excluding steroid dienone is 1. The smallest absolute Gasteiger partial charge is 0.423 e. The number of aliphatic imine (C=N–C) groups is 1. The molecule has 1 saturated heterocycles. The van der Waals surface area contributed by atoms with E-state index in [9.17, 15) is 10.0 Å². The van der Waals surface area contributed by atoms with Gasteiger partial charge in [0.15, 0.2) is 0 Å². The average Bonchev–Trinajstić information content (AvgIpc) is 2.38. The van der Waals surface area contributed by atoms with Gasteiger partial charge in [0.05, 0.1) is 0 Å². The number of nitrogens with zero attached hydrogens (tertiary/aromatic N) is 2. The molecule has 0 amide bonds. The van der Waals surface area contributed by atoms with Gasteiger partial charge in [0.2, 0.25) is 0 Å². The van der Waals surface area contributed by atoms with Crippen molar-refractivity contribution in [2.45, 2.75) is 53.4 Å². The summed E-state index contributed by atoms with van der Waals surface area (Å²) in [5, 5.41) is 19.2. The molecule has 1 rings (SSSR count). The van der Waals surface area contributed by atoms with Gasteiger partial charge in [0.1, 0.15) is 0 Å². The van der Waals surface area contributed by atoms with E-state index < -0.39 is 7.12 Å². The molecule has 0 unspecified atom stereocenters. The first-order chi connectivity index (χ1) is 9.76. The fourth-order valence-electron chi connectivity index (χ4n) is 2.46. The van der Waals surface area contributed by atoms with E-state index in [1.165, 1.54) is 0 Å². The summed E-state index contributed by atoms with van der Waals surface area (Å²) in [5.41, 5.74) is 2.41. The lowest BCUT2D eigenvalue weighted by Crippen LogP contribution is -2.38. The van der Waals surface area contributed by atoms with Gasteiger partial charge in [0.25, 0.3) is 0 Å². The zero-order valence-corrected chi connectivity index (χ0v) is 13.9. The first kappa shape index (κ1) is 18.0. The molecule has 0 aromatic carbocycles. The van der Waals surface area contributed by atoms with E-state index in [0.29, 0.717) is 16.6 Å².